The summed E-state index contributed by atoms with van der Waals surface area (Å²) in [5, 5.41) is 0. The molecule has 3 nitrogen and oxygen atoms in total. The first-order chi connectivity index (χ1) is 6.02. The minimum Gasteiger partial charge on any atom is -0.364 e. The lowest BCUT2D eigenvalue weighted by Crippen LogP contribution is -2.14. The highest BCUT2D eigenvalue weighted by atomic mass is 79.9. The smallest absolute Gasteiger partial charge is 0.281 e. The van der Waals surface area contributed by atoms with E-state index in [1.807, 2.05) is 0 Å². The van der Waals surface area contributed by atoms with Crippen molar-refractivity contribution in [3.63, 3.8) is 0 Å². The molecule has 0 atom stereocenters. The topological polar surface area (TPSA) is 56.0 Å². The summed E-state index contributed by atoms with van der Waals surface area (Å²) < 4.78 is 24.6. The maximum atomic E-state index is 12.2. The van der Waals surface area contributed by atoms with Crippen LogP contribution in [0, 0.1) is 0 Å². The quantitative estimate of drug-likeness (QED) is 0.872. The van der Waals surface area contributed by atoms with E-state index in [-0.39, 0.29) is 10.2 Å². The Morgan fingerprint density at radius 2 is 2.15 bits per heavy atom. The minimum absolute atomic E-state index is 0.160. The number of hydrogen-bond acceptors (Lipinski definition) is 2. The molecule has 1 heterocycles. The van der Waals surface area contributed by atoms with Crippen LogP contribution in [0.4, 0.5) is 8.78 Å². The maximum Gasteiger partial charge on any atom is 0.281 e. The van der Waals surface area contributed by atoms with Gasteiger partial charge in [0.2, 0.25) is 0 Å². The van der Waals surface area contributed by atoms with Crippen LogP contribution in [0.25, 0.3) is 0 Å². The SMILES string of the molecule is NC(=O)c1ccc(Br)c(C(F)F)n1. The third-order valence-electron chi connectivity index (χ3n) is 1.33. The molecule has 0 unspecified atom stereocenters. The molecule has 1 amide bonds. The molecule has 0 saturated carbocycles. The lowest BCUT2D eigenvalue weighted by molar-refractivity contribution is 0.0993. The molecule has 70 valence electrons. The van der Waals surface area contributed by atoms with Crippen molar-refractivity contribution in [3.05, 3.63) is 28.0 Å². The van der Waals surface area contributed by atoms with Gasteiger partial charge in [0.05, 0.1) is 0 Å². The summed E-state index contributed by atoms with van der Waals surface area (Å²) >= 11 is 2.89. The maximum absolute atomic E-state index is 12.2. The fourth-order valence-corrected chi connectivity index (χ4v) is 1.14. The fourth-order valence-electron chi connectivity index (χ4n) is 0.748. The van der Waals surface area contributed by atoms with Crippen LogP contribution >= 0.6 is 15.9 Å². The number of alkyl halides is 2. The second-order valence-corrected chi connectivity index (χ2v) is 3.08. The zero-order chi connectivity index (χ0) is 10.0. The molecule has 1 rings (SSSR count). The number of pyridine rings is 1. The third kappa shape index (κ3) is 2.21. The second-order valence-electron chi connectivity index (χ2n) is 2.23. The van der Waals surface area contributed by atoms with E-state index in [2.05, 4.69) is 20.9 Å². The Morgan fingerprint density at radius 1 is 1.54 bits per heavy atom. The van der Waals surface area contributed by atoms with Gasteiger partial charge in [-0.25, -0.2) is 13.8 Å². The van der Waals surface area contributed by atoms with Gasteiger partial charge in [0.15, 0.2) is 0 Å². The molecule has 0 aromatic carbocycles. The van der Waals surface area contributed by atoms with Gasteiger partial charge in [-0.2, -0.15) is 0 Å². The van der Waals surface area contributed by atoms with Crippen LogP contribution in [0.2, 0.25) is 0 Å². The van der Waals surface area contributed by atoms with Crippen LogP contribution in [-0.2, 0) is 0 Å². The van der Waals surface area contributed by atoms with Crippen LogP contribution in [0.15, 0.2) is 16.6 Å². The summed E-state index contributed by atoms with van der Waals surface area (Å²) in [5.41, 5.74) is 4.23. The molecule has 0 radical (unpaired) electrons. The highest BCUT2D eigenvalue weighted by Gasteiger charge is 2.15. The molecular weight excluding hydrogens is 246 g/mol. The summed E-state index contributed by atoms with van der Waals surface area (Å²) in [6, 6.07) is 2.59. The summed E-state index contributed by atoms with van der Waals surface area (Å²) in [6.45, 7) is 0. The number of nitrogens with two attached hydrogens (primary N) is 1. The number of halogens is 3. The summed E-state index contributed by atoms with van der Waals surface area (Å²) in [4.78, 5) is 14.0. The first kappa shape index (κ1) is 10.0. The largest absolute Gasteiger partial charge is 0.364 e. The Morgan fingerprint density at radius 3 is 2.62 bits per heavy atom. The number of carbonyl (C=O) groups excluding carboxylic acids is 1. The normalized spacial score (nSPS) is 10.5. The van der Waals surface area contributed by atoms with Crippen molar-refractivity contribution < 1.29 is 13.6 Å². The van der Waals surface area contributed by atoms with E-state index in [4.69, 9.17) is 5.73 Å². The molecule has 0 saturated heterocycles. The van der Waals surface area contributed by atoms with E-state index in [0.717, 1.165) is 0 Å². The van der Waals surface area contributed by atoms with Crippen molar-refractivity contribution in [2.45, 2.75) is 6.43 Å². The zero-order valence-corrected chi connectivity index (χ0v) is 7.88. The summed E-state index contributed by atoms with van der Waals surface area (Å²) in [6.07, 6.45) is -2.73. The van der Waals surface area contributed by atoms with Crippen LogP contribution in [-0.4, -0.2) is 10.9 Å². The van der Waals surface area contributed by atoms with Crippen molar-refractivity contribution in [1.82, 2.24) is 4.98 Å². The average Bonchev–Trinajstić information content (AvgIpc) is 2.04. The lowest BCUT2D eigenvalue weighted by atomic mass is 10.3. The molecule has 0 aliphatic rings. The van der Waals surface area contributed by atoms with Gasteiger partial charge in [-0.1, -0.05) is 0 Å². The van der Waals surface area contributed by atoms with E-state index in [9.17, 15) is 13.6 Å². The zero-order valence-electron chi connectivity index (χ0n) is 6.30. The van der Waals surface area contributed by atoms with Crippen LogP contribution < -0.4 is 5.73 Å². The third-order valence-corrected chi connectivity index (χ3v) is 2.00. The number of rotatable bonds is 2. The number of amides is 1. The van der Waals surface area contributed by atoms with Crippen molar-refractivity contribution in [2.75, 3.05) is 0 Å². The van der Waals surface area contributed by atoms with Crippen molar-refractivity contribution in [2.24, 2.45) is 5.73 Å². The molecule has 0 bridgehead atoms. The van der Waals surface area contributed by atoms with Gasteiger partial charge < -0.3 is 5.73 Å². The Bertz CT molecular complexity index is 343. The van der Waals surface area contributed by atoms with Crippen molar-refractivity contribution >= 4 is 21.8 Å². The van der Waals surface area contributed by atoms with Crippen LogP contribution in [0.1, 0.15) is 22.6 Å². The lowest BCUT2D eigenvalue weighted by Gasteiger charge is -2.02. The number of carbonyl (C=O) groups is 1. The van der Waals surface area contributed by atoms with Crippen molar-refractivity contribution in [3.8, 4) is 0 Å². The minimum atomic E-state index is -2.73. The molecule has 2 N–H and O–H groups in total. The summed E-state index contributed by atoms with van der Waals surface area (Å²) in [5.74, 6) is -0.825. The van der Waals surface area contributed by atoms with Gasteiger partial charge in [-0.3, -0.25) is 4.79 Å². The monoisotopic (exact) mass is 250 g/mol. The van der Waals surface area contributed by atoms with Crippen molar-refractivity contribution in [1.29, 1.82) is 0 Å². The highest BCUT2D eigenvalue weighted by Crippen LogP contribution is 2.25. The van der Waals surface area contributed by atoms with Gasteiger partial charge in [0.1, 0.15) is 11.4 Å². The Hall–Kier alpha value is -1.04. The molecule has 1 aromatic rings. The molecule has 0 fully saturated rings. The first-order valence-corrected chi connectivity index (χ1v) is 4.06. The van der Waals surface area contributed by atoms with E-state index in [1.165, 1.54) is 12.1 Å². The predicted molar refractivity (Wildman–Crippen MR) is 45.4 cm³/mol. The molecular formula is C7H5BrF2N2O. The summed E-state index contributed by atoms with van der Waals surface area (Å²) in [7, 11) is 0. The molecule has 13 heavy (non-hydrogen) atoms. The van der Waals surface area contributed by atoms with Gasteiger partial charge >= 0.3 is 0 Å². The Labute approximate surface area is 81.1 Å². The highest BCUT2D eigenvalue weighted by molar-refractivity contribution is 9.10. The average molecular weight is 251 g/mol. The van der Waals surface area contributed by atoms with Gasteiger partial charge in [0, 0.05) is 4.47 Å². The second kappa shape index (κ2) is 3.78. The predicted octanol–water partition coefficient (Wildman–Crippen LogP) is 1.88. The molecule has 6 heteroatoms. The van der Waals surface area contributed by atoms with Gasteiger partial charge in [-0.05, 0) is 28.1 Å². The molecule has 1 aromatic heterocycles. The van der Waals surface area contributed by atoms with E-state index < -0.39 is 18.0 Å². The van der Waals surface area contributed by atoms with E-state index >= 15 is 0 Å². The van der Waals surface area contributed by atoms with Crippen LogP contribution in [0.3, 0.4) is 0 Å². The van der Waals surface area contributed by atoms with E-state index in [1.54, 1.807) is 0 Å². The Kier molecular flexibility index (Phi) is 2.92. The number of hydrogen-bond donors (Lipinski definition) is 1. The van der Waals surface area contributed by atoms with Gasteiger partial charge in [0.25, 0.3) is 12.3 Å². The van der Waals surface area contributed by atoms with Crippen LogP contribution in [0.5, 0.6) is 0 Å². The molecule has 0 aliphatic heterocycles. The van der Waals surface area contributed by atoms with Gasteiger partial charge in [-0.15, -0.1) is 0 Å². The van der Waals surface area contributed by atoms with E-state index in [0.29, 0.717) is 0 Å². The molecule has 0 aliphatic carbocycles. The standard InChI is InChI=1S/C7H5BrF2N2O/c8-3-1-2-4(7(11)13)12-5(3)6(9)10/h1-2,6H,(H2,11,13). The first-order valence-electron chi connectivity index (χ1n) is 3.26. The Balaban J connectivity index is 3.19. The number of nitrogens with zero attached hydrogens (tertiary/aromatic N) is 1. The molecule has 0 spiro atoms. The number of aromatic nitrogens is 1. The fraction of sp³-hybridized carbons (Fsp3) is 0.143. The number of primary amides is 1.